The van der Waals surface area contributed by atoms with Gasteiger partial charge >= 0.3 is 0 Å². The highest BCUT2D eigenvalue weighted by atomic mass is 35.5. The topological polar surface area (TPSA) is 53.4 Å². The van der Waals surface area contributed by atoms with E-state index < -0.39 is 0 Å². The number of aryl methyl sites for hydroxylation is 2. The summed E-state index contributed by atoms with van der Waals surface area (Å²) in [5.74, 6) is 1.69. The molecule has 0 saturated carbocycles. The van der Waals surface area contributed by atoms with Crippen LogP contribution >= 0.6 is 24.8 Å². The lowest BCUT2D eigenvalue weighted by atomic mass is 9.79. The fourth-order valence-corrected chi connectivity index (χ4v) is 5.84. The minimum atomic E-state index is 0. The van der Waals surface area contributed by atoms with Crippen molar-refractivity contribution in [1.29, 1.82) is 0 Å². The third kappa shape index (κ3) is 7.45. The summed E-state index contributed by atoms with van der Waals surface area (Å²) in [5.41, 5.74) is 4.80. The van der Waals surface area contributed by atoms with Gasteiger partial charge in [0.05, 0.1) is 5.69 Å². The van der Waals surface area contributed by atoms with E-state index in [4.69, 9.17) is 0 Å². The van der Waals surface area contributed by atoms with Crippen molar-refractivity contribution in [1.82, 2.24) is 24.9 Å². The molecule has 1 N–H and O–H groups in total. The van der Waals surface area contributed by atoms with E-state index >= 15 is 0 Å². The Morgan fingerprint density at radius 1 is 1.17 bits per heavy atom. The number of carbonyl (C=O) groups excluding carboxylic acids is 1. The van der Waals surface area contributed by atoms with Crippen LogP contribution in [0.4, 0.5) is 0 Å². The van der Waals surface area contributed by atoms with E-state index in [9.17, 15) is 4.79 Å². The normalized spacial score (nSPS) is 21.7. The van der Waals surface area contributed by atoms with Gasteiger partial charge in [-0.2, -0.15) is 5.10 Å². The van der Waals surface area contributed by atoms with E-state index in [1.807, 2.05) is 23.6 Å². The number of piperidine rings is 2. The molecule has 0 aliphatic carbocycles. The molecule has 8 heteroatoms. The van der Waals surface area contributed by atoms with Gasteiger partial charge in [0.25, 0.3) is 0 Å². The molecule has 2 aliphatic heterocycles. The van der Waals surface area contributed by atoms with Crippen molar-refractivity contribution in [3.63, 3.8) is 0 Å². The van der Waals surface area contributed by atoms with Crippen molar-refractivity contribution in [2.24, 2.45) is 11.8 Å². The van der Waals surface area contributed by atoms with Crippen LogP contribution in [0.5, 0.6) is 0 Å². The van der Waals surface area contributed by atoms with E-state index in [1.165, 1.54) is 29.8 Å². The number of amides is 1. The molecule has 2 unspecified atom stereocenters. The molecule has 1 aromatic heterocycles. The Labute approximate surface area is 223 Å². The molecule has 4 rings (SSSR count). The first-order valence-corrected chi connectivity index (χ1v) is 12.7. The van der Waals surface area contributed by atoms with Crippen LogP contribution < -0.4 is 5.32 Å². The van der Waals surface area contributed by atoms with Gasteiger partial charge in [-0.25, -0.2) is 0 Å². The Bertz CT molecular complexity index is 935. The molecule has 0 spiro atoms. The van der Waals surface area contributed by atoms with Crippen LogP contribution in [0.15, 0.2) is 30.3 Å². The summed E-state index contributed by atoms with van der Waals surface area (Å²) in [4.78, 5) is 17.3. The minimum absolute atomic E-state index is 0. The van der Waals surface area contributed by atoms with E-state index in [0.29, 0.717) is 24.9 Å². The number of nitrogens with one attached hydrogen (secondary N) is 1. The Kier molecular flexibility index (Phi) is 11.5. The molecule has 2 fully saturated rings. The standard InChI is InChI=1S/C27H41N5O.2ClH/c1-5-32-21(3)25(20(2)29-32)19-30(4)27(33)13-9-12-26-24-14-23(15-28-26)17-31(18-24)16-22-10-7-6-8-11-22;;/h6-8,10-11,23-24,26,28H,5,9,12-19H2,1-4H3;2*1H/t23?,24?,26-;;/m1../s1. The summed E-state index contributed by atoms with van der Waals surface area (Å²) in [6.45, 7) is 12.3. The maximum Gasteiger partial charge on any atom is 0.222 e. The summed E-state index contributed by atoms with van der Waals surface area (Å²) < 4.78 is 2.02. The maximum absolute atomic E-state index is 12.8. The highest BCUT2D eigenvalue weighted by Crippen LogP contribution is 2.31. The van der Waals surface area contributed by atoms with Crippen LogP contribution in [0.25, 0.3) is 0 Å². The summed E-state index contributed by atoms with van der Waals surface area (Å²) in [5, 5.41) is 8.40. The highest BCUT2D eigenvalue weighted by Gasteiger charge is 2.36. The molecule has 1 aromatic carbocycles. The first-order valence-electron chi connectivity index (χ1n) is 12.7. The fourth-order valence-electron chi connectivity index (χ4n) is 5.84. The molecule has 2 aliphatic rings. The lowest BCUT2D eigenvalue weighted by Gasteiger charge is -2.46. The van der Waals surface area contributed by atoms with Gasteiger partial charge in [-0.05, 0) is 64.0 Å². The maximum atomic E-state index is 12.8. The number of rotatable bonds is 9. The smallest absolute Gasteiger partial charge is 0.222 e. The van der Waals surface area contributed by atoms with E-state index in [2.05, 4.69) is 59.5 Å². The average molecular weight is 525 g/mol. The van der Waals surface area contributed by atoms with Crippen molar-refractivity contribution in [2.45, 2.75) is 72.1 Å². The van der Waals surface area contributed by atoms with Gasteiger partial charge < -0.3 is 10.2 Å². The van der Waals surface area contributed by atoms with Gasteiger partial charge in [0.15, 0.2) is 0 Å². The predicted molar refractivity (Wildman–Crippen MR) is 147 cm³/mol. The molecular weight excluding hydrogens is 481 g/mol. The third-order valence-electron chi connectivity index (χ3n) is 7.69. The monoisotopic (exact) mass is 523 g/mol. The lowest BCUT2D eigenvalue weighted by Crippen LogP contribution is -2.55. The van der Waals surface area contributed by atoms with Crippen molar-refractivity contribution in [3.05, 3.63) is 52.8 Å². The first-order chi connectivity index (χ1) is 15.9. The molecule has 3 heterocycles. The zero-order chi connectivity index (χ0) is 23.4. The fraction of sp³-hybridized carbons (Fsp3) is 0.630. The molecule has 2 aromatic rings. The van der Waals surface area contributed by atoms with Gasteiger partial charge in [0, 0.05) is 63.5 Å². The van der Waals surface area contributed by atoms with Gasteiger partial charge in [-0.15, -0.1) is 24.8 Å². The molecule has 2 saturated heterocycles. The molecule has 35 heavy (non-hydrogen) atoms. The summed E-state index contributed by atoms with van der Waals surface area (Å²) in [7, 11) is 1.93. The molecule has 0 radical (unpaired) electrons. The van der Waals surface area contributed by atoms with Crippen LogP contribution in [0.2, 0.25) is 0 Å². The first kappa shape index (κ1) is 29.6. The molecular formula is C27H43Cl2N5O. The SMILES string of the molecule is CCn1nc(C)c(CN(C)C(=O)CCC[C@H]2NCC3CC2CN(Cc2ccccc2)C3)c1C.Cl.Cl. The molecule has 1 amide bonds. The Hall–Kier alpha value is -1.60. The van der Waals surface area contributed by atoms with Crippen LogP contribution in [0.3, 0.4) is 0 Å². The minimum Gasteiger partial charge on any atom is -0.341 e. The lowest BCUT2D eigenvalue weighted by molar-refractivity contribution is -0.130. The van der Waals surface area contributed by atoms with Crippen LogP contribution in [-0.2, 0) is 24.4 Å². The van der Waals surface area contributed by atoms with Crippen molar-refractivity contribution in [3.8, 4) is 0 Å². The number of benzene rings is 1. The van der Waals surface area contributed by atoms with E-state index in [0.717, 1.165) is 50.6 Å². The largest absolute Gasteiger partial charge is 0.341 e. The van der Waals surface area contributed by atoms with Crippen molar-refractivity contribution >= 4 is 30.7 Å². The predicted octanol–water partition coefficient (Wildman–Crippen LogP) is 4.60. The van der Waals surface area contributed by atoms with Crippen LogP contribution in [0.1, 0.15) is 55.1 Å². The third-order valence-corrected chi connectivity index (χ3v) is 7.69. The number of carbonyl (C=O) groups is 1. The van der Waals surface area contributed by atoms with Gasteiger partial charge in [0.1, 0.15) is 0 Å². The van der Waals surface area contributed by atoms with Gasteiger partial charge in [-0.1, -0.05) is 30.3 Å². The number of fused-ring (bicyclic) bond motifs is 2. The van der Waals surface area contributed by atoms with E-state index in [1.54, 1.807) is 0 Å². The quantitative estimate of drug-likeness (QED) is 0.521. The molecule has 196 valence electrons. The van der Waals surface area contributed by atoms with Gasteiger partial charge in [-0.3, -0.25) is 14.4 Å². The van der Waals surface area contributed by atoms with Gasteiger partial charge in [0.2, 0.25) is 5.91 Å². The Morgan fingerprint density at radius 3 is 2.60 bits per heavy atom. The molecule has 6 nitrogen and oxygen atoms in total. The second-order valence-electron chi connectivity index (χ2n) is 10.2. The van der Waals surface area contributed by atoms with E-state index in [-0.39, 0.29) is 30.7 Å². The second-order valence-corrected chi connectivity index (χ2v) is 10.2. The zero-order valence-electron chi connectivity index (χ0n) is 21.7. The molecule has 3 atom stereocenters. The number of nitrogens with zero attached hydrogens (tertiary/aromatic N) is 4. The van der Waals surface area contributed by atoms with Crippen LogP contribution in [-0.4, -0.2) is 58.2 Å². The van der Waals surface area contributed by atoms with Crippen molar-refractivity contribution < 1.29 is 4.79 Å². The summed E-state index contributed by atoms with van der Waals surface area (Å²) >= 11 is 0. The second kappa shape index (κ2) is 13.6. The number of hydrogen-bond donors (Lipinski definition) is 1. The number of likely N-dealkylation sites (tertiary alicyclic amines) is 1. The van der Waals surface area contributed by atoms with Crippen LogP contribution in [0, 0.1) is 25.7 Å². The zero-order valence-corrected chi connectivity index (χ0v) is 23.3. The average Bonchev–Trinajstić information content (AvgIpc) is 3.08. The number of hydrogen-bond acceptors (Lipinski definition) is 4. The number of aromatic nitrogens is 2. The molecule has 2 bridgehead atoms. The van der Waals surface area contributed by atoms with Crippen molar-refractivity contribution in [2.75, 3.05) is 26.7 Å². The number of halogens is 2. The summed E-state index contributed by atoms with van der Waals surface area (Å²) in [6, 6.07) is 11.4. The highest BCUT2D eigenvalue weighted by molar-refractivity contribution is 5.85. The summed E-state index contributed by atoms with van der Waals surface area (Å²) in [6.07, 6.45) is 3.99. The Morgan fingerprint density at radius 2 is 1.91 bits per heavy atom. The Balaban J connectivity index is 0.00000216.